The Balaban J connectivity index is 1.89. The first-order valence-electron chi connectivity index (χ1n) is 6.68. The first kappa shape index (κ1) is 13.3. The Morgan fingerprint density at radius 2 is 2.25 bits per heavy atom. The Hall–Kier alpha value is -1.72. The van der Waals surface area contributed by atoms with Crippen LogP contribution >= 0.6 is 11.3 Å². The summed E-state index contributed by atoms with van der Waals surface area (Å²) in [6, 6.07) is 7.87. The second-order valence-corrected chi connectivity index (χ2v) is 5.99. The molecule has 0 N–H and O–H groups in total. The minimum atomic E-state index is 0.0806. The highest BCUT2D eigenvalue weighted by Gasteiger charge is 2.31. The van der Waals surface area contributed by atoms with Crippen LogP contribution in [0.3, 0.4) is 0 Å². The van der Waals surface area contributed by atoms with E-state index in [4.69, 9.17) is 0 Å². The minimum absolute atomic E-state index is 0.0806. The van der Waals surface area contributed by atoms with Crippen LogP contribution in [0.4, 0.5) is 0 Å². The van der Waals surface area contributed by atoms with E-state index in [0.717, 1.165) is 30.1 Å². The fraction of sp³-hybridized carbons (Fsp3) is 0.333. The van der Waals surface area contributed by atoms with Crippen LogP contribution in [-0.2, 0) is 0 Å². The maximum absolute atomic E-state index is 12.6. The van der Waals surface area contributed by atoms with Crippen molar-refractivity contribution in [1.29, 1.82) is 0 Å². The topological polar surface area (TPSA) is 36.4 Å². The zero-order valence-corrected chi connectivity index (χ0v) is 12.2. The predicted octanol–water partition coefficient (Wildman–Crippen LogP) is 2.27. The molecule has 1 unspecified atom stereocenters. The molecule has 3 heterocycles. The highest BCUT2D eigenvalue weighted by Crippen LogP contribution is 2.27. The van der Waals surface area contributed by atoms with Crippen LogP contribution in [0.5, 0.6) is 0 Å². The largest absolute Gasteiger partial charge is 0.328 e. The molecule has 3 rings (SSSR count). The van der Waals surface area contributed by atoms with Crippen molar-refractivity contribution in [3.63, 3.8) is 0 Å². The SMILES string of the molecule is CN1CCN(C(=O)c2cccs2)C(c2cccnc2)C1. The molecule has 5 heteroatoms. The van der Waals surface area contributed by atoms with E-state index in [1.807, 2.05) is 40.7 Å². The molecular formula is C15H17N3OS. The van der Waals surface area contributed by atoms with Gasteiger partial charge in [0.05, 0.1) is 10.9 Å². The molecule has 0 spiro atoms. The average Bonchev–Trinajstić information content (AvgIpc) is 3.02. The number of carbonyl (C=O) groups excluding carboxylic acids is 1. The van der Waals surface area contributed by atoms with Crippen LogP contribution in [0.15, 0.2) is 42.0 Å². The van der Waals surface area contributed by atoms with Gasteiger partial charge in [0.15, 0.2) is 0 Å². The van der Waals surface area contributed by atoms with Crippen molar-refractivity contribution in [2.45, 2.75) is 6.04 Å². The van der Waals surface area contributed by atoms with Crippen LogP contribution in [-0.4, -0.2) is 47.4 Å². The van der Waals surface area contributed by atoms with Crippen LogP contribution in [0.2, 0.25) is 0 Å². The van der Waals surface area contributed by atoms with Gasteiger partial charge in [-0.2, -0.15) is 0 Å². The summed E-state index contributed by atoms with van der Waals surface area (Å²) in [6.45, 7) is 2.52. The number of pyridine rings is 1. The number of thiophene rings is 1. The molecule has 2 aromatic rings. The van der Waals surface area contributed by atoms with E-state index >= 15 is 0 Å². The van der Waals surface area contributed by atoms with Gasteiger partial charge in [-0.3, -0.25) is 9.78 Å². The summed E-state index contributed by atoms with van der Waals surface area (Å²) < 4.78 is 0. The third kappa shape index (κ3) is 2.59. The summed E-state index contributed by atoms with van der Waals surface area (Å²) in [7, 11) is 2.09. The van der Waals surface area contributed by atoms with Gasteiger partial charge in [0.2, 0.25) is 0 Å². The van der Waals surface area contributed by atoms with Crippen LogP contribution in [0, 0.1) is 0 Å². The Kier molecular flexibility index (Phi) is 3.80. The van der Waals surface area contributed by atoms with Crippen molar-refractivity contribution < 1.29 is 4.79 Å². The number of aromatic nitrogens is 1. The van der Waals surface area contributed by atoms with Crippen molar-refractivity contribution in [2.75, 3.05) is 26.7 Å². The molecule has 4 nitrogen and oxygen atoms in total. The molecule has 1 aliphatic heterocycles. The molecule has 0 aromatic carbocycles. The Morgan fingerprint density at radius 3 is 2.95 bits per heavy atom. The van der Waals surface area contributed by atoms with Gasteiger partial charge in [-0.1, -0.05) is 12.1 Å². The smallest absolute Gasteiger partial charge is 0.264 e. The number of nitrogens with zero attached hydrogens (tertiary/aromatic N) is 3. The number of amides is 1. The third-order valence-corrected chi connectivity index (χ3v) is 4.50. The lowest BCUT2D eigenvalue weighted by Gasteiger charge is -2.40. The van der Waals surface area contributed by atoms with E-state index in [1.165, 1.54) is 11.3 Å². The first-order valence-corrected chi connectivity index (χ1v) is 7.56. The highest BCUT2D eigenvalue weighted by atomic mass is 32.1. The summed E-state index contributed by atoms with van der Waals surface area (Å²) in [5.41, 5.74) is 1.10. The normalized spacial score (nSPS) is 20.1. The number of hydrogen-bond acceptors (Lipinski definition) is 4. The molecule has 1 aliphatic rings. The molecule has 1 amide bonds. The van der Waals surface area contributed by atoms with Gasteiger partial charge in [-0.25, -0.2) is 0 Å². The van der Waals surface area contributed by atoms with E-state index in [2.05, 4.69) is 16.9 Å². The molecule has 0 aliphatic carbocycles. The molecule has 0 bridgehead atoms. The molecule has 1 atom stereocenters. The highest BCUT2D eigenvalue weighted by molar-refractivity contribution is 7.12. The maximum atomic E-state index is 12.6. The van der Waals surface area contributed by atoms with Gasteiger partial charge < -0.3 is 9.80 Å². The van der Waals surface area contributed by atoms with Gasteiger partial charge in [0.1, 0.15) is 0 Å². The van der Waals surface area contributed by atoms with Crippen LogP contribution in [0.1, 0.15) is 21.3 Å². The van der Waals surface area contributed by atoms with Gasteiger partial charge in [-0.15, -0.1) is 11.3 Å². The summed E-state index contributed by atoms with van der Waals surface area (Å²) in [5.74, 6) is 0.127. The molecule has 104 valence electrons. The van der Waals surface area contributed by atoms with E-state index in [0.29, 0.717) is 0 Å². The van der Waals surface area contributed by atoms with Crippen molar-refractivity contribution in [1.82, 2.24) is 14.8 Å². The molecule has 2 aromatic heterocycles. The number of piperazine rings is 1. The number of carbonyl (C=O) groups is 1. The quantitative estimate of drug-likeness (QED) is 0.850. The summed E-state index contributed by atoms with van der Waals surface area (Å²) in [6.07, 6.45) is 3.63. The van der Waals surface area contributed by atoms with Crippen molar-refractivity contribution in [2.24, 2.45) is 0 Å². The zero-order chi connectivity index (χ0) is 13.9. The average molecular weight is 287 g/mol. The fourth-order valence-electron chi connectivity index (χ4n) is 2.56. The van der Waals surface area contributed by atoms with Gasteiger partial charge >= 0.3 is 0 Å². The second-order valence-electron chi connectivity index (χ2n) is 5.04. The Labute approximate surface area is 122 Å². The summed E-state index contributed by atoms with van der Waals surface area (Å²) in [4.78, 5) is 21.9. The van der Waals surface area contributed by atoms with E-state index in [1.54, 1.807) is 6.20 Å². The molecule has 20 heavy (non-hydrogen) atoms. The van der Waals surface area contributed by atoms with Crippen molar-refractivity contribution in [3.05, 3.63) is 52.5 Å². The molecular weight excluding hydrogens is 270 g/mol. The second kappa shape index (κ2) is 5.73. The Morgan fingerprint density at radius 1 is 1.35 bits per heavy atom. The zero-order valence-electron chi connectivity index (χ0n) is 11.4. The first-order chi connectivity index (χ1) is 9.75. The standard InChI is InChI=1S/C15H17N3OS/c1-17-7-8-18(15(19)14-5-3-9-20-14)13(11-17)12-4-2-6-16-10-12/h2-6,9-10,13H,7-8,11H2,1H3. The van der Waals surface area contributed by atoms with Gasteiger partial charge in [-0.05, 0) is 30.1 Å². The van der Waals surface area contributed by atoms with E-state index in [9.17, 15) is 4.79 Å². The van der Waals surface area contributed by atoms with E-state index < -0.39 is 0 Å². The molecule has 1 fully saturated rings. The monoisotopic (exact) mass is 287 g/mol. The fourth-order valence-corrected chi connectivity index (χ4v) is 3.24. The lowest BCUT2D eigenvalue weighted by Crippen LogP contribution is -2.49. The van der Waals surface area contributed by atoms with E-state index in [-0.39, 0.29) is 11.9 Å². The van der Waals surface area contributed by atoms with Crippen LogP contribution < -0.4 is 0 Å². The van der Waals surface area contributed by atoms with Crippen molar-refractivity contribution >= 4 is 17.2 Å². The molecule has 0 radical (unpaired) electrons. The molecule has 0 saturated carbocycles. The lowest BCUT2D eigenvalue weighted by atomic mass is 10.0. The maximum Gasteiger partial charge on any atom is 0.264 e. The number of hydrogen-bond donors (Lipinski definition) is 0. The molecule has 1 saturated heterocycles. The van der Waals surface area contributed by atoms with Gasteiger partial charge in [0, 0.05) is 32.0 Å². The number of rotatable bonds is 2. The summed E-state index contributed by atoms with van der Waals surface area (Å²) in [5, 5.41) is 1.95. The van der Waals surface area contributed by atoms with Gasteiger partial charge in [0.25, 0.3) is 5.91 Å². The summed E-state index contributed by atoms with van der Waals surface area (Å²) >= 11 is 1.50. The lowest BCUT2D eigenvalue weighted by molar-refractivity contribution is 0.0502. The van der Waals surface area contributed by atoms with Crippen LogP contribution in [0.25, 0.3) is 0 Å². The predicted molar refractivity (Wildman–Crippen MR) is 79.8 cm³/mol. The Bertz CT molecular complexity index is 570. The van der Waals surface area contributed by atoms with Crippen molar-refractivity contribution in [3.8, 4) is 0 Å². The third-order valence-electron chi connectivity index (χ3n) is 3.65. The minimum Gasteiger partial charge on any atom is -0.328 e. The number of likely N-dealkylation sites (N-methyl/N-ethyl adjacent to an activating group) is 1.